The third kappa shape index (κ3) is 15.4. The van der Waals surface area contributed by atoms with Gasteiger partial charge in [0.2, 0.25) is 0 Å². The molecule has 0 spiro atoms. The van der Waals surface area contributed by atoms with Crippen LogP contribution in [0.2, 0.25) is 0 Å². The quantitative estimate of drug-likeness (QED) is 0.0368. The monoisotopic (exact) mass is 893 g/mol. The summed E-state index contributed by atoms with van der Waals surface area (Å²) in [4.78, 5) is 30.7. The third-order valence-corrected chi connectivity index (χ3v) is 14.1. The molecular formula is C60H84N4O2. The fraction of sp³-hybridized carbons (Fsp3) is 0.550. The minimum absolute atomic E-state index is 0.283. The fourth-order valence-corrected chi connectivity index (χ4v) is 10.1. The van der Waals surface area contributed by atoms with Crippen molar-refractivity contribution in [2.45, 2.75) is 213 Å². The molecule has 0 aliphatic carbocycles. The van der Waals surface area contributed by atoms with E-state index in [9.17, 15) is 9.90 Å². The van der Waals surface area contributed by atoms with Gasteiger partial charge in [-0.1, -0.05) is 187 Å². The third-order valence-electron chi connectivity index (χ3n) is 14.1. The summed E-state index contributed by atoms with van der Waals surface area (Å²) in [5, 5.41) is 9.79. The number of aromatic carboxylic acids is 1. The summed E-state index contributed by atoms with van der Waals surface area (Å²) in [7, 11) is 0. The first kappa shape index (κ1) is 50.7. The normalized spacial score (nSPS) is 12.2. The number of H-pyrrole nitrogens is 2. The summed E-state index contributed by atoms with van der Waals surface area (Å²) >= 11 is 0. The van der Waals surface area contributed by atoms with E-state index in [0.29, 0.717) is 0 Å². The Hall–Kier alpha value is -4.71. The summed E-state index contributed by atoms with van der Waals surface area (Å²) in [6, 6.07) is 16.2. The molecule has 8 bridgehead atoms. The number of nitrogens with one attached hydrogen (secondary N) is 2. The molecule has 3 N–H and O–H groups in total. The molecule has 0 unspecified atom stereocenters. The van der Waals surface area contributed by atoms with E-state index >= 15 is 0 Å². The van der Waals surface area contributed by atoms with Gasteiger partial charge in [0.05, 0.1) is 28.3 Å². The van der Waals surface area contributed by atoms with Crippen molar-refractivity contribution in [3.05, 3.63) is 93.6 Å². The number of benzene rings is 1. The number of fused-ring (bicyclic) bond motifs is 8. The minimum atomic E-state index is -0.919. The van der Waals surface area contributed by atoms with Gasteiger partial charge in [-0.3, -0.25) is 0 Å². The Bertz CT molecular complexity index is 2190. The van der Waals surface area contributed by atoms with E-state index in [4.69, 9.17) is 9.97 Å². The van der Waals surface area contributed by atoms with Crippen molar-refractivity contribution in [3.8, 4) is 11.1 Å². The van der Waals surface area contributed by atoms with Crippen LogP contribution in [0.25, 0.3) is 57.5 Å². The Morgan fingerprint density at radius 3 is 1.05 bits per heavy atom. The summed E-state index contributed by atoms with van der Waals surface area (Å²) in [5.41, 5.74) is 14.5. The molecule has 6 heteroatoms. The van der Waals surface area contributed by atoms with Gasteiger partial charge in [0.15, 0.2) is 0 Å². The van der Waals surface area contributed by atoms with Crippen molar-refractivity contribution in [3.63, 3.8) is 0 Å². The average Bonchev–Trinajstić information content (AvgIpc) is 4.18. The summed E-state index contributed by atoms with van der Waals surface area (Å²) in [6.45, 7) is 6.87. The second-order valence-corrected chi connectivity index (χ2v) is 19.4. The maximum atomic E-state index is 11.9. The number of rotatable bonds is 32. The Kier molecular flexibility index (Phi) is 21.9. The first-order valence-corrected chi connectivity index (χ1v) is 27.0. The number of aromatic nitrogens is 4. The lowest BCUT2D eigenvalue weighted by atomic mass is 10.0. The van der Waals surface area contributed by atoms with Gasteiger partial charge in [0.25, 0.3) is 0 Å². The average molecular weight is 893 g/mol. The molecule has 0 saturated carbocycles. The topological polar surface area (TPSA) is 94.7 Å². The highest BCUT2D eigenvalue weighted by Crippen LogP contribution is 2.33. The first-order valence-electron chi connectivity index (χ1n) is 27.0. The van der Waals surface area contributed by atoms with Gasteiger partial charge in [-0.05, 0) is 105 Å². The Morgan fingerprint density at radius 1 is 0.394 bits per heavy atom. The van der Waals surface area contributed by atoms with Crippen molar-refractivity contribution in [2.75, 3.05) is 0 Å². The predicted molar refractivity (Wildman–Crippen MR) is 284 cm³/mol. The lowest BCUT2D eigenvalue weighted by Crippen LogP contribution is -1.97. The number of nitrogens with zero attached hydrogens (tertiary/aromatic N) is 2. The summed E-state index contributed by atoms with van der Waals surface area (Å²) in [5.74, 6) is -0.919. The minimum Gasteiger partial charge on any atom is -0.478 e. The van der Waals surface area contributed by atoms with Gasteiger partial charge in [-0.25, -0.2) is 14.8 Å². The van der Waals surface area contributed by atoms with E-state index in [-0.39, 0.29) is 5.56 Å². The van der Waals surface area contributed by atoms with E-state index in [1.807, 2.05) is 12.1 Å². The molecule has 0 fully saturated rings. The number of carbonyl (C=O) groups is 1. The van der Waals surface area contributed by atoms with Crippen LogP contribution >= 0.6 is 0 Å². The number of aromatic amines is 2. The number of unbranched alkanes of at least 4 members (excludes halogenated alkanes) is 24. The lowest BCUT2D eigenvalue weighted by molar-refractivity contribution is 0.0697. The second-order valence-electron chi connectivity index (χ2n) is 19.4. The molecule has 6 nitrogen and oxygen atoms in total. The van der Waals surface area contributed by atoms with E-state index in [1.54, 1.807) is 12.1 Å². The van der Waals surface area contributed by atoms with Crippen molar-refractivity contribution < 1.29 is 9.90 Å². The Morgan fingerprint density at radius 2 is 0.697 bits per heavy atom. The van der Waals surface area contributed by atoms with E-state index in [0.717, 1.165) is 94.5 Å². The number of aryl methyl sites for hydroxylation is 2. The molecule has 4 aromatic rings. The molecule has 0 atom stereocenters. The van der Waals surface area contributed by atoms with Crippen LogP contribution in [0.15, 0.2) is 48.5 Å². The number of carboxylic acids is 1. The van der Waals surface area contributed by atoms with Crippen molar-refractivity contribution in [1.29, 1.82) is 0 Å². The fourth-order valence-electron chi connectivity index (χ4n) is 10.1. The molecule has 2 aliphatic rings. The van der Waals surface area contributed by atoms with E-state index in [1.165, 1.54) is 171 Å². The molecule has 0 radical (unpaired) electrons. The molecule has 3 aromatic heterocycles. The molecule has 2 aliphatic heterocycles. The van der Waals surface area contributed by atoms with Crippen LogP contribution in [0, 0.1) is 0 Å². The van der Waals surface area contributed by atoms with Gasteiger partial charge in [-0.2, -0.15) is 0 Å². The van der Waals surface area contributed by atoms with Crippen LogP contribution in [-0.2, 0) is 19.3 Å². The largest absolute Gasteiger partial charge is 0.478 e. The van der Waals surface area contributed by atoms with Gasteiger partial charge < -0.3 is 15.1 Å². The molecule has 0 saturated heterocycles. The Labute approximate surface area is 398 Å². The summed E-state index contributed by atoms with van der Waals surface area (Å²) in [6.07, 6.45) is 46.9. The maximum Gasteiger partial charge on any atom is 0.335 e. The molecule has 5 heterocycles. The van der Waals surface area contributed by atoms with Crippen molar-refractivity contribution >= 4 is 52.3 Å². The van der Waals surface area contributed by atoms with Crippen LogP contribution in [-0.4, -0.2) is 31.0 Å². The van der Waals surface area contributed by atoms with Crippen molar-refractivity contribution in [2.24, 2.45) is 0 Å². The predicted octanol–water partition coefficient (Wildman–Crippen LogP) is 18.2. The van der Waals surface area contributed by atoms with Gasteiger partial charge in [0, 0.05) is 44.3 Å². The van der Waals surface area contributed by atoms with Crippen molar-refractivity contribution in [1.82, 2.24) is 19.9 Å². The SMILES string of the molecule is CCCCCCCCCCCc1c2nc(c(CCCCCCCCCCC)c3ccc([nH]3)c(-c3ccc(C(=O)O)cc3)c3ccc([nH]3)c(CCCCCCCCCCC)c3nc1C=C3)C=C2. The number of carboxylic acid groups (broad SMARTS) is 1. The first-order chi connectivity index (χ1) is 32.5. The standard InChI is InChI=1S/C60H84N4O2/c1-4-7-10-13-16-19-22-25-28-31-48-51-38-40-53(61-51)49(32-29-26-23-20-17-14-11-8-5-2)55-42-44-57(63-55)59(46-34-36-47(37-35-46)60(65)66)58-45-43-56(64-58)50(54-41-39-52(48)62-54)33-30-27-24-21-18-15-12-9-6-3/h34-45,63-64H,4-33H2,1-3H3,(H,65,66). The van der Waals surface area contributed by atoms with E-state index < -0.39 is 5.97 Å². The van der Waals surface area contributed by atoms with Crippen LogP contribution in [0.5, 0.6) is 0 Å². The maximum absolute atomic E-state index is 11.9. The zero-order valence-electron chi connectivity index (χ0n) is 41.4. The van der Waals surface area contributed by atoms with Gasteiger partial charge in [0.1, 0.15) is 0 Å². The van der Waals surface area contributed by atoms with Gasteiger partial charge in [-0.15, -0.1) is 0 Å². The lowest BCUT2D eigenvalue weighted by Gasteiger charge is -2.07. The smallest absolute Gasteiger partial charge is 0.335 e. The van der Waals surface area contributed by atoms with Gasteiger partial charge >= 0.3 is 5.97 Å². The number of hydrogen-bond acceptors (Lipinski definition) is 3. The highest BCUT2D eigenvalue weighted by molar-refractivity contribution is 5.96. The zero-order chi connectivity index (χ0) is 46.2. The summed E-state index contributed by atoms with van der Waals surface area (Å²) < 4.78 is 0. The highest BCUT2D eigenvalue weighted by atomic mass is 16.4. The Balaban J connectivity index is 1.41. The number of hydrogen-bond donors (Lipinski definition) is 3. The molecular weight excluding hydrogens is 809 g/mol. The van der Waals surface area contributed by atoms with E-state index in [2.05, 4.69) is 79.3 Å². The molecule has 1 aromatic carbocycles. The van der Waals surface area contributed by atoms with Crippen LogP contribution in [0.1, 0.15) is 244 Å². The van der Waals surface area contributed by atoms with Crippen LogP contribution < -0.4 is 0 Å². The van der Waals surface area contributed by atoms with Crippen LogP contribution in [0.3, 0.4) is 0 Å². The molecule has 356 valence electrons. The molecule has 66 heavy (non-hydrogen) atoms. The van der Waals surface area contributed by atoms with Crippen LogP contribution in [0.4, 0.5) is 0 Å². The second kappa shape index (κ2) is 28.5. The molecule has 0 amide bonds. The highest BCUT2D eigenvalue weighted by Gasteiger charge is 2.18. The zero-order valence-corrected chi connectivity index (χ0v) is 41.4. The molecule has 6 rings (SSSR count).